The van der Waals surface area contributed by atoms with Gasteiger partial charge < -0.3 is 14.7 Å². The Morgan fingerprint density at radius 2 is 2.00 bits per heavy atom. The van der Waals surface area contributed by atoms with Gasteiger partial charge in [-0.2, -0.15) is 0 Å². The molecule has 0 aromatic carbocycles. The zero-order valence-electron chi connectivity index (χ0n) is 8.56. The van der Waals surface area contributed by atoms with Gasteiger partial charge in [-0.25, -0.2) is 9.59 Å². The second kappa shape index (κ2) is 6.15. The monoisotopic (exact) mass is 201 g/mol. The van der Waals surface area contributed by atoms with E-state index >= 15 is 0 Å². The fourth-order valence-electron chi connectivity index (χ4n) is 0.928. The predicted molar refractivity (Wildman–Crippen MR) is 50.9 cm³/mol. The van der Waals surface area contributed by atoms with E-state index in [1.54, 1.807) is 6.92 Å². The molecule has 0 aromatic rings. The van der Waals surface area contributed by atoms with E-state index < -0.39 is 11.9 Å². The van der Waals surface area contributed by atoms with Gasteiger partial charge in [0.1, 0.15) is 6.10 Å². The highest BCUT2D eigenvalue weighted by molar-refractivity contribution is 5.90. The summed E-state index contributed by atoms with van der Waals surface area (Å²) in [6, 6.07) is 0. The lowest BCUT2D eigenvalue weighted by molar-refractivity contribution is -0.143. The van der Waals surface area contributed by atoms with Crippen molar-refractivity contribution < 1.29 is 19.4 Å². The molecule has 0 bridgehead atoms. The molecule has 0 amide bonds. The Balaban J connectivity index is 3.88. The van der Waals surface area contributed by atoms with E-state index in [1.165, 1.54) is 0 Å². The summed E-state index contributed by atoms with van der Waals surface area (Å²) in [4.78, 5) is 22.9. The molecule has 80 valence electrons. The van der Waals surface area contributed by atoms with Crippen LogP contribution in [0.5, 0.6) is 0 Å². The van der Waals surface area contributed by atoms with Gasteiger partial charge in [0.05, 0.1) is 0 Å². The summed E-state index contributed by atoms with van der Waals surface area (Å²) >= 11 is 0. The van der Waals surface area contributed by atoms with Crippen LogP contribution in [0.15, 0.2) is 12.2 Å². The van der Waals surface area contributed by atoms with Gasteiger partial charge in [0, 0.05) is 18.7 Å². The van der Waals surface area contributed by atoms with E-state index in [9.17, 15) is 9.59 Å². The minimum Gasteiger partial charge on any atom is -0.478 e. The maximum absolute atomic E-state index is 10.9. The Labute approximate surface area is 83.0 Å². The van der Waals surface area contributed by atoms with Gasteiger partial charge in [0.25, 0.3) is 0 Å². The molecule has 0 aliphatic heterocycles. The first-order valence-corrected chi connectivity index (χ1v) is 4.18. The third kappa shape index (κ3) is 7.30. The standard InChI is InChI=1S/C9H15NO4/c1-7(6-10(2)3)14-9(13)5-4-8(11)12/h4-5,7H,6H2,1-3H3,(H,11,12)/b5-4-. The molecule has 1 N–H and O–H groups in total. The molecule has 0 aromatic heterocycles. The van der Waals surface area contributed by atoms with Crippen LogP contribution in [0, 0.1) is 0 Å². The van der Waals surface area contributed by atoms with Crippen molar-refractivity contribution in [1.29, 1.82) is 0 Å². The zero-order chi connectivity index (χ0) is 11.1. The van der Waals surface area contributed by atoms with Crippen LogP contribution in [0.2, 0.25) is 0 Å². The predicted octanol–water partition coefficient (Wildman–Crippen LogP) is 0.120. The Morgan fingerprint density at radius 1 is 1.43 bits per heavy atom. The molecule has 0 fully saturated rings. The summed E-state index contributed by atoms with van der Waals surface area (Å²) in [5.41, 5.74) is 0. The molecule has 0 saturated carbocycles. The number of carboxylic acid groups (broad SMARTS) is 1. The number of hydrogen-bond donors (Lipinski definition) is 1. The number of hydrogen-bond acceptors (Lipinski definition) is 4. The van der Waals surface area contributed by atoms with Crippen LogP contribution < -0.4 is 0 Å². The van der Waals surface area contributed by atoms with E-state index in [1.807, 2.05) is 19.0 Å². The van der Waals surface area contributed by atoms with E-state index in [0.29, 0.717) is 6.54 Å². The molecule has 0 radical (unpaired) electrons. The summed E-state index contributed by atoms with van der Waals surface area (Å²) in [6.07, 6.45) is 1.40. The van der Waals surface area contributed by atoms with Crippen LogP contribution in [0.4, 0.5) is 0 Å². The number of rotatable bonds is 5. The summed E-state index contributed by atoms with van der Waals surface area (Å²) in [5, 5.41) is 8.24. The molecular formula is C9H15NO4. The number of nitrogens with zero attached hydrogens (tertiary/aromatic N) is 1. The lowest BCUT2D eigenvalue weighted by Gasteiger charge is -2.16. The Hall–Kier alpha value is -1.36. The van der Waals surface area contributed by atoms with Crippen molar-refractivity contribution in [3.05, 3.63) is 12.2 Å². The molecule has 5 heteroatoms. The Morgan fingerprint density at radius 3 is 2.43 bits per heavy atom. The van der Waals surface area contributed by atoms with Crippen LogP contribution in [0.3, 0.4) is 0 Å². The largest absolute Gasteiger partial charge is 0.478 e. The van der Waals surface area contributed by atoms with Crippen molar-refractivity contribution in [2.45, 2.75) is 13.0 Å². The van der Waals surface area contributed by atoms with Crippen LogP contribution in [-0.4, -0.2) is 48.7 Å². The maximum atomic E-state index is 10.9. The van der Waals surface area contributed by atoms with Gasteiger partial charge in [-0.3, -0.25) is 0 Å². The van der Waals surface area contributed by atoms with Crippen LogP contribution >= 0.6 is 0 Å². The average Bonchev–Trinajstić information content (AvgIpc) is 1.98. The fraction of sp³-hybridized carbons (Fsp3) is 0.556. The van der Waals surface area contributed by atoms with E-state index in [4.69, 9.17) is 9.84 Å². The van der Waals surface area contributed by atoms with Gasteiger partial charge in [-0.15, -0.1) is 0 Å². The molecule has 0 saturated heterocycles. The molecule has 1 unspecified atom stereocenters. The van der Waals surface area contributed by atoms with Crippen LogP contribution in [0.25, 0.3) is 0 Å². The quantitative estimate of drug-likeness (QED) is 0.505. The normalized spacial score (nSPS) is 13.1. The molecule has 0 rings (SSSR count). The lowest BCUT2D eigenvalue weighted by atomic mass is 10.4. The number of esters is 1. The van der Waals surface area contributed by atoms with Crippen molar-refractivity contribution >= 4 is 11.9 Å². The molecule has 0 heterocycles. The van der Waals surface area contributed by atoms with Gasteiger partial charge in [-0.1, -0.05) is 0 Å². The van der Waals surface area contributed by atoms with Crippen LogP contribution in [0.1, 0.15) is 6.92 Å². The number of carboxylic acids is 1. The topological polar surface area (TPSA) is 66.8 Å². The number of likely N-dealkylation sites (N-methyl/N-ethyl adjacent to an activating group) is 1. The van der Waals surface area contributed by atoms with Crippen LogP contribution in [-0.2, 0) is 14.3 Å². The second-order valence-electron chi connectivity index (χ2n) is 3.18. The maximum Gasteiger partial charge on any atom is 0.331 e. The third-order valence-corrected chi connectivity index (χ3v) is 1.30. The first kappa shape index (κ1) is 12.6. The lowest BCUT2D eigenvalue weighted by Crippen LogP contribution is -2.27. The van der Waals surface area contributed by atoms with Crippen molar-refractivity contribution in [3.63, 3.8) is 0 Å². The minimum atomic E-state index is -1.16. The van der Waals surface area contributed by atoms with Gasteiger partial charge >= 0.3 is 11.9 Å². The summed E-state index contributed by atoms with van der Waals surface area (Å²) < 4.78 is 4.88. The summed E-state index contributed by atoms with van der Waals surface area (Å²) in [5.74, 6) is -1.80. The van der Waals surface area contributed by atoms with Crippen molar-refractivity contribution in [3.8, 4) is 0 Å². The molecule has 0 spiro atoms. The second-order valence-corrected chi connectivity index (χ2v) is 3.18. The fourth-order valence-corrected chi connectivity index (χ4v) is 0.928. The number of ether oxygens (including phenoxy) is 1. The summed E-state index contributed by atoms with van der Waals surface area (Å²) in [7, 11) is 3.72. The Bertz CT molecular complexity index is 235. The van der Waals surface area contributed by atoms with E-state index in [0.717, 1.165) is 12.2 Å². The highest BCUT2D eigenvalue weighted by Gasteiger charge is 2.07. The molecule has 1 atom stereocenters. The first-order chi connectivity index (χ1) is 6.41. The van der Waals surface area contributed by atoms with E-state index in [2.05, 4.69) is 0 Å². The minimum absolute atomic E-state index is 0.254. The van der Waals surface area contributed by atoms with Gasteiger partial charge in [0.15, 0.2) is 0 Å². The molecule has 5 nitrogen and oxygen atoms in total. The number of carbonyl (C=O) groups excluding carboxylic acids is 1. The van der Waals surface area contributed by atoms with Crippen molar-refractivity contribution in [2.24, 2.45) is 0 Å². The third-order valence-electron chi connectivity index (χ3n) is 1.30. The summed E-state index contributed by atoms with van der Waals surface area (Å²) in [6.45, 7) is 2.35. The molecule has 14 heavy (non-hydrogen) atoms. The SMILES string of the molecule is CC(CN(C)C)OC(=O)/C=C\C(=O)O. The number of aliphatic carboxylic acids is 1. The smallest absolute Gasteiger partial charge is 0.331 e. The van der Waals surface area contributed by atoms with Gasteiger partial charge in [0.2, 0.25) is 0 Å². The molecule has 0 aliphatic carbocycles. The van der Waals surface area contributed by atoms with E-state index in [-0.39, 0.29) is 6.10 Å². The first-order valence-electron chi connectivity index (χ1n) is 4.18. The highest BCUT2D eigenvalue weighted by Crippen LogP contribution is 1.94. The highest BCUT2D eigenvalue weighted by atomic mass is 16.5. The number of carbonyl (C=O) groups is 2. The van der Waals surface area contributed by atoms with Crippen molar-refractivity contribution in [1.82, 2.24) is 4.90 Å². The van der Waals surface area contributed by atoms with Gasteiger partial charge in [-0.05, 0) is 21.0 Å². The van der Waals surface area contributed by atoms with Crippen molar-refractivity contribution in [2.75, 3.05) is 20.6 Å². The molecular weight excluding hydrogens is 186 g/mol. The average molecular weight is 201 g/mol. The zero-order valence-corrected chi connectivity index (χ0v) is 8.56. The molecule has 0 aliphatic rings. The Kier molecular flexibility index (Phi) is 5.55.